The van der Waals surface area contributed by atoms with Crippen molar-refractivity contribution in [3.05, 3.63) is 0 Å². The van der Waals surface area contributed by atoms with Gasteiger partial charge in [-0.3, -0.25) is 0 Å². The Morgan fingerprint density at radius 1 is 0.708 bits per heavy atom. The first kappa shape index (κ1) is 27.4. The lowest BCUT2D eigenvalue weighted by molar-refractivity contribution is 0.107. The second-order valence-electron chi connectivity index (χ2n) is 9.08. The van der Waals surface area contributed by atoms with Gasteiger partial charge in [-0.2, -0.15) is 0 Å². The Hall–Kier alpha value is 1.14. The summed E-state index contributed by atoms with van der Waals surface area (Å²) in [6, 6.07) is 0. The van der Waals surface area contributed by atoms with E-state index in [2.05, 4.69) is 78.6 Å². The maximum absolute atomic E-state index is 5.96. The second-order valence-corrected chi connectivity index (χ2v) is 30.0. The van der Waals surface area contributed by atoms with E-state index in [9.17, 15) is 0 Å². The van der Waals surface area contributed by atoms with Crippen LogP contribution in [0.1, 0.15) is 0 Å². The topological polar surface area (TPSA) is 36.9 Å². The molecule has 0 aliphatic rings. The highest BCUT2D eigenvalue weighted by atomic mass is 28.5. The van der Waals surface area contributed by atoms with Crippen LogP contribution < -0.4 is 0 Å². The van der Waals surface area contributed by atoms with Gasteiger partial charge in [0.15, 0.2) is 25.0 Å². The van der Waals surface area contributed by atoms with Gasteiger partial charge in [-0.05, 0) is 71.1 Å². The van der Waals surface area contributed by atoms with E-state index >= 15 is 0 Å². The van der Waals surface area contributed by atoms with Crippen molar-refractivity contribution in [3.63, 3.8) is 0 Å². The minimum absolute atomic E-state index is 0.140. The molecule has 0 aromatic heterocycles. The molecule has 0 N–H and O–H groups in total. The monoisotopic (exact) mass is 444 g/mol. The molecular formula is C14H44O4Si6. The van der Waals surface area contributed by atoms with Crippen molar-refractivity contribution < 1.29 is 17.1 Å². The van der Waals surface area contributed by atoms with E-state index in [1.54, 1.807) is 0 Å². The molecule has 0 rings (SSSR count). The summed E-state index contributed by atoms with van der Waals surface area (Å²) in [6.45, 7) is 27.1. The third kappa shape index (κ3) is 21.2. The molecule has 24 heavy (non-hydrogen) atoms. The van der Waals surface area contributed by atoms with Gasteiger partial charge in [0.05, 0.1) is 0 Å². The molecule has 0 saturated heterocycles. The number of rotatable bonds is 10. The van der Waals surface area contributed by atoms with Gasteiger partial charge < -0.3 is 17.1 Å². The first-order valence-electron chi connectivity index (χ1n) is 9.15. The zero-order chi connectivity index (χ0) is 19.7. The Morgan fingerprint density at radius 3 is 1.54 bits per heavy atom. The van der Waals surface area contributed by atoms with Gasteiger partial charge in [0.1, 0.15) is 16.6 Å². The quantitative estimate of drug-likeness (QED) is 0.378. The Labute approximate surface area is 160 Å². The highest BCUT2D eigenvalue weighted by Gasteiger charge is 2.30. The van der Waals surface area contributed by atoms with Gasteiger partial charge in [0.2, 0.25) is 0 Å². The lowest BCUT2D eigenvalue weighted by Crippen LogP contribution is -2.45. The average molecular weight is 445 g/mol. The molecule has 0 aromatic rings. The summed E-state index contributed by atoms with van der Waals surface area (Å²) in [7, 11) is -5.96. The van der Waals surface area contributed by atoms with Crippen LogP contribution in [0.15, 0.2) is 0 Å². The molecule has 0 aliphatic carbocycles. The average Bonchev–Trinajstić information content (AvgIpc) is 2.23. The van der Waals surface area contributed by atoms with Crippen LogP contribution in [0.2, 0.25) is 84.2 Å². The second kappa shape index (κ2) is 11.8. The summed E-state index contributed by atoms with van der Waals surface area (Å²) < 4.78 is 23.2. The molecule has 0 saturated carbocycles. The summed E-state index contributed by atoms with van der Waals surface area (Å²) in [5, 5.41) is 0. The molecule has 0 radical (unpaired) electrons. The fourth-order valence-corrected chi connectivity index (χ4v) is 17.9. The van der Waals surface area contributed by atoms with Crippen molar-refractivity contribution in [1.82, 2.24) is 0 Å². The summed E-state index contributed by atoms with van der Waals surface area (Å²) in [5.41, 5.74) is 1.36. The predicted octanol–water partition coefficient (Wildman–Crippen LogP) is 3.88. The molecule has 4 nitrogen and oxygen atoms in total. The van der Waals surface area contributed by atoms with Gasteiger partial charge in [0.25, 0.3) is 0 Å². The largest absolute Gasteiger partial charge is 0.442 e. The molecule has 0 bridgehead atoms. The molecule has 0 unspecified atom stereocenters. The van der Waals surface area contributed by atoms with Crippen LogP contribution in [-0.2, 0) is 17.1 Å². The molecule has 148 valence electrons. The molecule has 10 heteroatoms. The molecule has 0 atom stereocenters. The molecule has 0 fully saturated rings. The van der Waals surface area contributed by atoms with Gasteiger partial charge >= 0.3 is 8.56 Å². The lowest BCUT2D eigenvalue weighted by atomic mass is 11.6. The molecule has 0 aliphatic heterocycles. The van der Waals surface area contributed by atoms with Crippen LogP contribution in [0, 0.1) is 0 Å². The molecular weight excluding hydrogens is 401 g/mol. The fraction of sp³-hybridized carbons (Fsp3) is 1.00. The third-order valence-electron chi connectivity index (χ3n) is 2.84. The first-order valence-corrected chi connectivity index (χ1v) is 26.3. The zero-order valence-electron chi connectivity index (χ0n) is 18.5. The van der Waals surface area contributed by atoms with Crippen LogP contribution in [0.3, 0.4) is 0 Å². The van der Waals surface area contributed by atoms with Crippen LogP contribution in [0.4, 0.5) is 0 Å². The van der Waals surface area contributed by atoms with E-state index in [1.165, 1.54) is 5.67 Å². The Morgan fingerprint density at radius 2 is 1.21 bits per heavy atom. The van der Waals surface area contributed by atoms with Crippen LogP contribution in [0.5, 0.6) is 0 Å². The van der Waals surface area contributed by atoms with E-state index in [0.717, 1.165) is 0 Å². The van der Waals surface area contributed by atoms with Crippen LogP contribution >= 0.6 is 0 Å². The Bertz CT molecular complexity index is 326. The third-order valence-corrected chi connectivity index (χ3v) is 19.9. The molecule has 0 heterocycles. The zero-order valence-corrected chi connectivity index (χ0v) is 25.3. The van der Waals surface area contributed by atoms with E-state index in [1.807, 2.05) is 0 Å². The standard InChI is InChI=1S/C8H24O2Si3.C6H20O2Si3/c1-11-8-13(5,6)10-7-9-12(2,3)4;1-9-7-11(5,6)8-10(2,3)4/h7-8,11H2,1-6H3;9H2,1-6H3. The molecule has 0 aromatic carbocycles. The van der Waals surface area contributed by atoms with E-state index in [-0.39, 0.29) is 19.3 Å². The van der Waals surface area contributed by atoms with Gasteiger partial charge in [0, 0.05) is 9.52 Å². The van der Waals surface area contributed by atoms with E-state index in [0.29, 0.717) is 6.79 Å². The highest BCUT2D eigenvalue weighted by Crippen LogP contribution is 2.14. The summed E-state index contributed by atoms with van der Waals surface area (Å²) >= 11 is 0. The van der Waals surface area contributed by atoms with Crippen molar-refractivity contribution in [3.8, 4) is 0 Å². The SMILES string of the molecule is C[SiH2]C[Si](C)(C)OCO[Si](C)(C)C.C[SiH2]O[Si](C)(C)O[Si](C)(C)C. The van der Waals surface area contributed by atoms with Crippen LogP contribution in [0.25, 0.3) is 0 Å². The van der Waals surface area contributed by atoms with Crippen molar-refractivity contribution in [1.29, 1.82) is 0 Å². The number of hydrogen-bond donors (Lipinski definition) is 0. The van der Waals surface area contributed by atoms with Crippen molar-refractivity contribution in [2.75, 3.05) is 6.79 Å². The maximum atomic E-state index is 5.96. The summed E-state index contributed by atoms with van der Waals surface area (Å²) in [4.78, 5) is 0. The predicted molar refractivity (Wildman–Crippen MR) is 124 cm³/mol. The van der Waals surface area contributed by atoms with E-state index < -0.39 is 33.5 Å². The van der Waals surface area contributed by atoms with Gasteiger partial charge in [-0.15, -0.1) is 0 Å². The lowest BCUT2D eigenvalue weighted by Gasteiger charge is -2.30. The summed E-state index contributed by atoms with van der Waals surface area (Å²) in [6.07, 6.45) is 0. The van der Waals surface area contributed by atoms with Gasteiger partial charge in [-0.25, -0.2) is 0 Å². The minimum Gasteiger partial charge on any atom is -0.442 e. The fourth-order valence-electron chi connectivity index (χ4n) is 2.15. The van der Waals surface area contributed by atoms with Crippen molar-refractivity contribution in [2.45, 2.75) is 84.2 Å². The summed E-state index contributed by atoms with van der Waals surface area (Å²) in [5.74, 6) is 0. The maximum Gasteiger partial charge on any atom is 0.310 e. The Balaban J connectivity index is 0. The number of hydrogen-bond acceptors (Lipinski definition) is 4. The Kier molecular flexibility index (Phi) is 13.4. The highest BCUT2D eigenvalue weighted by molar-refractivity contribution is 6.82. The first-order chi connectivity index (χ1) is 10.5. The smallest absolute Gasteiger partial charge is 0.310 e. The van der Waals surface area contributed by atoms with Gasteiger partial charge in [-0.1, -0.05) is 13.1 Å². The molecule has 0 amide bonds. The minimum atomic E-state index is -1.72. The van der Waals surface area contributed by atoms with Crippen molar-refractivity contribution in [2.24, 2.45) is 0 Å². The van der Waals surface area contributed by atoms with Crippen molar-refractivity contribution >= 4 is 52.8 Å². The normalized spacial score (nSPS) is 14.5. The van der Waals surface area contributed by atoms with Crippen LogP contribution in [-0.4, -0.2) is 59.6 Å². The molecule has 0 spiro atoms. The van der Waals surface area contributed by atoms with E-state index in [4.69, 9.17) is 17.1 Å².